The zero-order valence-corrected chi connectivity index (χ0v) is 29.9. The number of hydrogen-bond donors (Lipinski definition) is 2. The maximum Gasteiger partial charge on any atom is 0.168 e. The summed E-state index contributed by atoms with van der Waals surface area (Å²) in [5.74, 6) is -2.77. The van der Waals surface area contributed by atoms with Crippen molar-refractivity contribution in [2.45, 2.75) is 130 Å². The highest BCUT2D eigenvalue weighted by atomic mass is 19.1. The first-order chi connectivity index (χ1) is 20.3. The van der Waals surface area contributed by atoms with E-state index in [-0.39, 0.29) is 33.1 Å². The first-order valence-electron chi connectivity index (χ1n) is 16.0. The standard InChI is InChI=1S/C40H55F2NO2/c1-24(2)35(43-23-25-15-32(41)22-33(42)34(25)44)40(45,30-18-26(36(3,4)5)16-27(19-30)37(6,7)8)31-20-28(38(9,10)11)17-29(21-31)39(12,13)14/h15-24,35,44-45H,1-14H3/t35-/m0/s1. The van der Waals surface area contributed by atoms with Crippen LogP contribution in [0.2, 0.25) is 0 Å². The molecule has 0 fully saturated rings. The number of rotatable bonds is 6. The topological polar surface area (TPSA) is 52.8 Å². The van der Waals surface area contributed by atoms with Crippen molar-refractivity contribution in [1.82, 2.24) is 0 Å². The van der Waals surface area contributed by atoms with E-state index in [1.807, 2.05) is 13.8 Å². The molecular formula is C40H55F2NO2. The highest BCUT2D eigenvalue weighted by molar-refractivity contribution is 5.83. The molecule has 0 aliphatic heterocycles. The molecule has 0 unspecified atom stereocenters. The average Bonchev–Trinajstić information content (AvgIpc) is 2.88. The summed E-state index contributed by atoms with van der Waals surface area (Å²) in [5, 5.41) is 23.9. The van der Waals surface area contributed by atoms with Crippen molar-refractivity contribution in [1.29, 1.82) is 0 Å². The van der Waals surface area contributed by atoms with Gasteiger partial charge >= 0.3 is 0 Å². The van der Waals surface area contributed by atoms with Crippen LogP contribution in [-0.4, -0.2) is 22.5 Å². The van der Waals surface area contributed by atoms with Crippen molar-refractivity contribution < 1.29 is 19.0 Å². The number of benzene rings is 3. The molecule has 0 spiro atoms. The minimum absolute atomic E-state index is 0.0851. The molecule has 3 nitrogen and oxygen atoms in total. The lowest BCUT2D eigenvalue weighted by atomic mass is 9.70. The van der Waals surface area contributed by atoms with Crippen molar-refractivity contribution in [2.24, 2.45) is 10.9 Å². The summed E-state index contributed by atoms with van der Waals surface area (Å²) in [6, 6.07) is 13.7. The average molecular weight is 620 g/mol. The molecule has 3 aromatic rings. The summed E-state index contributed by atoms with van der Waals surface area (Å²) in [7, 11) is 0. The van der Waals surface area contributed by atoms with Gasteiger partial charge in [-0.2, -0.15) is 0 Å². The lowest BCUT2D eigenvalue weighted by Crippen LogP contribution is -2.44. The SMILES string of the molecule is CC(C)[C@H](N=Cc1cc(F)cc(F)c1O)C(O)(c1cc(C(C)(C)C)cc(C(C)(C)C)c1)c1cc(C(C)(C)C)cc(C(C)(C)C)c1. The van der Waals surface area contributed by atoms with Gasteiger partial charge in [0.1, 0.15) is 11.4 Å². The second kappa shape index (κ2) is 12.3. The number of aliphatic hydroxyl groups is 1. The molecule has 3 aromatic carbocycles. The van der Waals surface area contributed by atoms with Crippen LogP contribution in [0.4, 0.5) is 8.78 Å². The molecule has 3 rings (SSSR count). The normalized spacial score (nSPS) is 14.4. The van der Waals surface area contributed by atoms with Crippen LogP contribution >= 0.6 is 0 Å². The minimum Gasteiger partial charge on any atom is -0.504 e. The third-order valence-corrected chi connectivity index (χ3v) is 8.70. The Morgan fingerprint density at radius 1 is 0.578 bits per heavy atom. The van der Waals surface area contributed by atoms with E-state index in [0.717, 1.165) is 28.3 Å². The van der Waals surface area contributed by atoms with Gasteiger partial charge in [0.05, 0.1) is 6.04 Å². The Balaban J connectivity index is 2.54. The predicted molar refractivity (Wildman–Crippen MR) is 185 cm³/mol. The third-order valence-electron chi connectivity index (χ3n) is 8.70. The van der Waals surface area contributed by atoms with Gasteiger partial charge in [-0.25, -0.2) is 8.78 Å². The molecule has 0 heterocycles. The van der Waals surface area contributed by atoms with Gasteiger partial charge in [-0.15, -0.1) is 0 Å². The van der Waals surface area contributed by atoms with Gasteiger partial charge < -0.3 is 10.2 Å². The maximum atomic E-state index is 14.3. The Morgan fingerprint density at radius 2 is 0.911 bits per heavy atom. The summed E-state index contributed by atoms with van der Waals surface area (Å²) >= 11 is 0. The van der Waals surface area contributed by atoms with Gasteiger partial charge in [0.2, 0.25) is 0 Å². The van der Waals surface area contributed by atoms with Gasteiger partial charge in [-0.3, -0.25) is 4.99 Å². The Bertz CT molecular complexity index is 1420. The van der Waals surface area contributed by atoms with Crippen LogP contribution in [0.3, 0.4) is 0 Å². The number of hydrogen-bond acceptors (Lipinski definition) is 3. The molecule has 0 saturated heterocycles. The monoisotopic (exact) mass is 619 g/mol. The van der Waals surface area contributed by atoms with Crippen LogP contribution in [-0.2, 0) is 27.3 Å². The molecule has 2 N–H and O–H groups in total. The van der Waals surface area contributed by atoms with E-state index in [9.17, 15) is 19.0 Å². The van der Waals surface area contributed by atoms with Gasteiger partial charge in [0, 0.05) is 17.8 Å². The molecule has 5 heteroatoms. The fourth-order valence-electron chi connectivity index (χ4n) is 5.54. The summed E-state index contributed by atoms with van der Waals surface area (Å²) in [5.41, 5.74) is 3.20. The van der Waals surface area contributed by atoms with E-state index < -0.39 is 29.0 Å². The van der Waals surface area contributed by atoms with E-state index in [2.05, 4.69) is 119 Å². The quantitative estimate of drug-likeness (QED) is 0.270. The summed E-state index contributed by atoms with van der Waals surface area (Å²) in [4.78, 5) is 4.86. The van der Waals surface area contributed by atoms with Gasteiger partial charge in [0.25, 0.3) is 0 Å². The van der Waals surface area contributed by atoms with E-state index in [1.54, 1.807) is 0 Å². The largest absolute Gasteiger partial charge is 0.504 e. The number of halogens is 2. The van der Waals surface area contributed by atoms with Crippen molar-refractivity contribution in [3.63, 3.8) is 0 Å². The van der Waals surface area contributed by atoms with Crippen LogP contribution < -0.4 is 0 Å². The Kier molecular flexibility index (Phi) is 9.94. The highest BCUT2D eigenvalue weighted by Crippen LogP contribution is 2.44. The summed E-state index contributed by atoms with van der Waals surface area (Å²) < 4.78 is 28.5. The van der Waals surface area contributed by atoms with Crippen molar-refractivity contribution >= 4 is 6.21 Å². The van der Waals surface area contributed by atoms with E-state index in [0.29, 0.717) is 17.2 Å². The molecule has 0 aliphatic rings. The van der Waals surface area contributed by atoms with Crippen LogP contribution in [0.15, 0.2) is 53.5 Å². The molecule has 1 atom stereocenters. The molecule has 0 saturated carbocycles. The number of phenolic OH excluding ortho intramolecular Hbond substituents is 1. The highest BCUT2D eigenvalue weighted by Gasteiger charge is 2.44. The van der Waals surface area contributed by atoms with Gasteiger partial charge in [-0.1, -0.05) is 133 Å². The molecule has 0 radical (unpaired) electrons. The first-order valence-corrected chi connectivity index (χ1v) is 16.0. The van der Waals surface area contributed by atoms with Crippen LogP contribution in [0.25, 0.3) is 0 Å². The van der Waals surface area contributed by atoms with E-state index in [4.69, 9.17) is 4.99 Å². The molecule has 0 aliphatic carbocycles. The Morgan fingerprint density at radius 3 is 1.22 bits per heavy atom. The number of phenols is 1. The lowest BCUT2D eigenvalue weighted by molar-refractivity contribution is 0.0361. The number of aliphatic imine (C=N–C) groups is 1. The van der Waals surface area contributed by atoms with Gasteiger partial charge in [0.15, 0.2) is 11.6 Å². The fraction of sp³-hybridized carbons (Fsp3) is 0.525. The van der Waals surface area contributed by atoms with Crippen molar-refractivity contribution in [3.05, 3.63) is 99.1 Å². The molecule has 0 bridgehead atoms. The first kappa shape index (κ1) is 36.4. The van der Waals surface area contributed by atoms with Crippen molar-refractivity contribution in [3.8, 4) is 5.75 Å². The predicted octanol–water partition coefficient (Wildman–Crippen LogP) is 10.2. The zero-order chi connectivity index (χ0) is 34.5. The summed E-state index contributed by atoms with van der Waals surface area (Å²) in [6.45, 7) is 29.9. The third kappa shape index (κ3) is 8.03. The van der Waals surface area contributed by atoms with Crippen molar-refractivity contribution in [2.75, 3.05) is 0 Å². The Hall–Kier alpha value is -3.05. The molecule has 246 valence electrons. The molecule has 0 aromatic heterocycles. The second-order valence-corrected chi connectivity index (χ2v) is 17.2. The molecular weight excluding hydrogens is 564 g/mol. The minimum atomic E-state index is -1.64. The molecule has 45 heavy (non-hydrogen) atoms. The number of aromatic hydroxyl groups is 1. The Labute approximate surface area is 270 Å². The van der Waals surface area contributed by atoms with Crippen LogP contribution in [0.1, 0.15) is 136 Å². The fourth-order valence-corrected chi connectivity index (χ4v) is 5.54. The zero-order valence-electron chi connectivity index (χ0n) is 29.9. The smallest absolute Gasteiger partial charge is 0.168 e. The maximum absolute atomic E-state index is 14.3. The van der Waals surface area contributed by atoms with Gasteiger partial charge in [-0.05, 0) is 67.0 Å². The van der Waals surface area contributed by atoms with Crippen LogP contribution in [0.5, 0.6) is 5.75 Å². The molecule has 0 amide bonds. The summed E-state index contributed by atoms with van der Waals surface area (Å²) in [6.07, 6.45) is 1.29. The van der Waals surface area contributed by atoms with E-state index >= 15 is 0 Å². The van der Waals surface area contributed by atoms with Crippen LogP contribution in [0, 0.1) is 17.6 Å². The second-order valence-electron chi connectivity index (χ2n) is 17.2. The lowest BCUT2D eigenvalue weighted by Gasteiger charge is -2.40. The van der Waals surface area contributed by atoms with E-state index in [1.165, 1.54) is 6.21 Å². The number of nitrogens with zero attached hydrogens (tertiary/aromatic N) is 1.